The Kier molecular flexibility index (Phi) is 3.76. The fraction of sp³-hybridized carbons (Fsp3) is 0.412. The van der Waals surface area contributed by atoms with Gasteiger partial charge in [0.15, 0.2) is 11.5 Å². The van der Waals surface area contributed by atoms with Crippen LogP contribution in [0.4, 0.5) is 5.82 Å². The monoisotopic (exact) mass is 325 g/mol. The normalized spacial score (nSPS) is 18.2. The van der Waals surface area contributed by atoms with Crippen molar-refractivity contribution in [3.8, 4) is 0 Å². The van der Waals surface area contributed by atoms with Crippen molar-refractivity contribution in [1.29, 1.82) is 0 Å². The van der Waals surface area contributed by atoms with E-state index < -0.39 is 0 Å². The van der Waals surface area contributed by atoms with Crippen LogP contribution >= 0.6 is 0 Å². The second kappa shape index (κ2) is 6.07. The summed E-state index contributed by atoms with van der Waals surface area (Å²) in [6, 6.07) is 8.04. The van der Waals surface area contributed by atoms with Crippen LogP contribution in [0.25, 0.3) is 16.4 Å². The fourth-order valence-corrected chi connectivity index (χ4v) is 3.37. The third-order valence-corrected chi connectivity index (χ3v) is 4.48. The zero-order valence-electron chi connectivity index (χ0n) is 13.6. The number of benzene rings is 1. The van der Waals surface area contributed by atoms with E-state index in [-0.39, 0.29) is 11.9 Å². The Morgan fingerprint density at radius 2 is 2.17 bits per heavy atom. The molecule has 0 unspecified atom stereocenters. The van der Waals surface area contributed by atoms with Crippen molar-refractivity contribution in [3.05, 3.63) is 30.6 Å². The molecule has 1 fully saturated rings. The average Bonchev–Trinajstić information content (AvgIpc) is 3.10. The predicted molar refractivity (Wildman–Crippen MR) is 89.9 cm³/mol. The molecule has 0 amide bonds. The maximum absolute atomic E-state index is 12.1. The second-order valence-corrected chi connectivity index (χ2v) is 6.01. The standard InChI is InChI=1S/C17H19N5O2/c1-2-24-17(23)12-6-5-9-21(10-12)16-14-8-4-3-7-13(14)15-19-18-11-22(15)20-16/h3-4,7-8,11-12H,2,5-6,9-10H2,1H3/t12-/m0/s1. The number of hydrogen-bond acceptors (Lipinski definition) is 6. The smallest absolute Gasteiger partial charge is 0.310 e. The van der Waals surface area contributed by atoms with E-state index in [1.807, 2.05) is 31.2 Å². The minimum atomic E-state index is -0.114. The van der Waals surface area contributed by atoms with Crippen molar-refractivity contribution in [1.82, 2.24) is 19.8 Å². The van der Waals surface area contributed by atoms with Crippen molar-refractivity contribution in [2.24, 2.45) is 5.92 Å². The predicted octanol–water partition coefficient (Wildman–Crippen LogP) is 2.06. The minimum absolute atomic E-state index is 0.101. The first-order valence-corrected chi connectivity index (χ1v) is 8.28. The molecule has 0 radical (unpaired) electrons. The number of piperidine rings is 1. The summed E-state index contributed by atoms with van der Waals surface area (Å²) in [4.78, 5) is 14.3. The van der Waals surface area contributed by atoms with Gasteiger partial charge in [-0.2, -0.15) is 4.52 Å². The largest absolute Gasteiger partial charge is 0.466 e. The van der Waals surface area contributed by atoms with E-state index in [1.165, 1.54) is 0 Å². The van der Waals surface area contributed by atoms with E-state index in [9.17, 15) is 4.79 Å². The number of rotatable bonds is 3. The van der Waals surface area contributed by atoms with Crippen molar-refractivity contribution >= 4 is 28.2 Å². The molecule has 0 aliphatic carbocycles. The number of ether oxygens (including phenoxy) is 1. The zero-order chi connectivity index (χ0) is 16.5. The molecule has 1 aliphatic heterocycles. The Morgan fingerprint density at radius 3 is 3.00 bits per heavy atom. The Labute approximate surface area is 139 Å². The number of hydrogen-bond donors (Lipinski definition) is 0. The van der Waals surface area contributed by atoms with Crippen molar-refractivity contribution in [2.75, 3.05) is 24.6 Å². The van der Waals surface area contributed by atoms with Gasteiger partial charge in [0.2, 0.25) is 0 Å². The van der Waals surface area contributed by atoms with Crippen LogP contribution in [0.5, 0.6) is 0 Å². The molecule has 4 rings (SSSR count). The molecule has 7 nitrogen and oxygen atoms in total. The highest BCUT2D eigenvalue weighted by Crippen LogP contribution is 2.30. The average molecular weight is 325 g/mol. The molecule has 0 bridgehead atoms. The van der Waals surface area contributed by atoms with Gasteiger partial charge in [0.05, 0.1) is 12.5 Å². The topological polar surface area (TPSA) is 72.6 Å². The second-order valence-electron chi connectivity index (χ2n) is 6.01. The molecular formula is C17H19N5O2. The molecule has 1 saturated heterocycles. The number of carbonyl (C=O) groups excluding carboxylic acids is 1. The van der Waals surface area contributed by atoms with Gasteiger partial charge in [0, 0.05) is 23.9 Å². The molecule has 0 N–H and O–H groups in total. The number of carbonyl (C=O) groups is 1. The molecule has 0 spiro atoms. The summed E-state index contributed by atoms with van der Waals surface area (Å²) >= 11 is 0. The summed E-state index contributed by atoms with van der Waals surface area (Å²) in [5.41, 5.74) is 0.744. The molecule has 7 heteroatoms. The summed E-state index contributed by atoms with van der Waals surface area (Å²) in [5, 5.41) is 14.9. The number of fused-ring (bicyclic) bond motifs is 3. The molecule has 3 aromatic rings. The maximum atomic E-state index is 12.1. The summed E-state index contributed by atoms with van der Waals surface area (Å²) in [6.07, 6.45) is 3.42. The zero-order valence-corrected chi connectivity index (χ0v) is 13.6. The van der Waals surface area contributed by atoms with Crippen LogP contribution in [0.2, 0.25) is 0 Å². The van der Waals surface area contributed by atoms with Gasteiger partial charge in [0.25, 0.3) is 0 Å². The maximum Gasteiger partial charge on any atom is 0.310 e. The number of esters is 1. The quantitative estimate of drug-likeness (QED) is 0.686. The Bertz CT molecular complexity index is 891. The third kappa shape index (κ3) is 2.46. The highest BCUT2D eigenvalue weighted by Gasteiger charge is 2.28. The van der Waals surface area contributed by atoms with Crippen LogP contribution in [-0.2, 0) is 9.53 Å². The number of aromatic nitrogens is 4. The van der Waals surface area contributed by atoms with Crippen molar-refractivity contribution in [2.45, 2.75) is 19.8 Å². The lowest BCUT2D eigenvalue weighted by Gasteiger charge is -2.32. The van der Waals surface area contributed by atoms with E-state index in [2.05, 4.69) is 15.1 Å². The molecule has 24 heavy (non-hydrogen) atoms. The van der Waals surface area contributed by atoms with Gasteiger partial charge in [-0.15, -0.1) is 15.3 Å². The summed E-state index contributed by atoms with van der Waals surface area (Å²) < 4.78 is 6.90. The van der Waals surface area contributed by atoms with E-state index in [0.717, 1.165) is 41.6 Å². The lowest BCUT2D eigenvalue weighted by atomic mass is 9.98. The number of anilines is 1. The summed E-state index contributed by atoms with van der Waals surface area (Å²) in [6.45, 7) is 3.76. The van der Waals surface area contributed by atoms with Crippen LogP contribution < -0.4 is 4.90 Å². The molecule has 124 valence electrons. The van der Waals surface area contributed by atoms with E-state index >= 15 is 0 Å². The SMILES string of the molecule is CCOC(=O)[C@H]1CCCN(c2nn3cnnc3c3ccccc23)C1. The van der Waals surface area contributed by atoms with Crippen LogP contribution in [0.3, 0.4) is 0 Å². The van der Waals surface area contributed by atoms with E-state index in [1.54, 1.807) is 10.8 Å². The van der Waals surface area contributed by atoms with Crippen LogP contribution in [0, 0.1) is 5.92 Å². The van der Waals surface area contributed by atoms with Gasteiger partial charge in [0.1, 0.15) is 6.33 Å². The lowest BCUT2D eigenvalue weighted by molar-refractivity contribution is -0.148. The van der Waals surface area contributed by atoms with Gasteiger partial charge in [-0.1, -0.05) is 24.3 Å². The van der Waals surface area contributed by atoms with Gasteiger partial charge in [-0.05, 0) is 19.8 Å². The molecular weight excluding hydrogens is 306 g/mol. The summed E-state index contributed by atoms with van der Waals surface area (Å²) in [7, 11) is 0. The molecule has 0 saturated carbocycles. The van der Waals surface area contributed by atoms with Crippen molar-refractivity contribution < 1.29 is 9.53 Å². The van der Waals surface area contributed by atoms with Gasteiger partial charge in [-0.25, -0.2) is 0 Å². The Balaban J connectivity index is 1.76. The molecule has 3 heterocycles. The van der Waals surface area contributed by atoms with Crippen LogP contribution in [0.15, 0.2) is 30.6 Å². The van der Waals surface area contributed by atoms with E-state index in [4.69, 9.17) is 9.84 Å². The first-order valence-electron chi connectivity index (χ1n) is 8.28. The first kappa shape index (κ1) is 14.9. The molecule has 2 aromatic heterocycles. The van der Waals surface area contributed by atoms with Crippen LogP contribution in [-0.4, -0.2) is 45.5 Å². The Morgan fingerprint density at radius 1 is 1.33 bits per heavy atom. The van der Waals surface area contributed by atoms with E-state index in [0.29, 0.717) is 13.2 Å². The van der Waals surface area contributed by atoms with Crippen LogP contribution in [0.1, 0.15) is 19.8 Å². The highest BCUT2D eigenvalue weighted by molar-refractivity contribution is 6.00. The van der Waals surface area contributed by atoms with Gasteiger partial charge in [-0.3, -0.25) is 4.79 Å². The van der Waals surface area contributed by atoms with Gasteiger partial charge >= 0.3 is 5.97 Å². The molecule has 1 aromatic carbocycles. The highest BCUT2D eigenvalue weighted by atomic mass is 16.5. The number of nitrogens with zero attached hydrogens (tertiary/aromatic N) is 5. The van der Waals surface area contributed by atoms with Gasteiger partial charge < -0.3 is 9.64 Å². The lowest BCUT2D eigenvalue weighted by Crippen LogP contribution is -2.40. The first-order chi connectivity index (χ1) is 11.8. The Hall–Kier alpha value is -2.70. The minimum Gasteiger partial charge on any atom is -0.466 e. The fourth-order valence-electron chi connectivity index (χ4n) is 3.37. The van der Waals surface area contributed by atoms with Crippen molar-refractivity contribution in [3.63, 3.8) is 0 Å². The molecule has 1 aliphatic rings. The summed E-state index contributed by atoms with van der Waals surface area (Å²) in [5.74, 6) is 0.652. The molecule has 1 atom stereocenters. The third-order valence-electron chi connectivity index (χ3n) is 4.48.